The van der Waals surface area contributed by atoms with E-state index in [1.54, 1.807) is 11.3 Å². The Morgan fingerprint density at radius 3 is 1.97 bits per heavy atom. The molecule has 4 nitrogen and oxygen atoms in total. The van der Waals surface area contributed by atoms with Gasteiger partial charge in [0.15, 0.2) is 12.4 Å². The van der Waals surface area contributed by atoms with Crippen molar-refractivity contribution in [2.24, 2.45) is 0 Å². The Bertz CT molecular complexity index is 902. The predicted octanol–water partition coefficient (Wildman–Crippen LogP) is 5.89. The molecule has 0 aliphatic heterocycles. The quantitative estimate of drug-likeness (QED) is 0.227. The molecule has 0 spiro atoms. The molecule has 0 amide bonds. The fraction of sp³-hybridized carbons (Fsp3) is 0.348. The summed E-state index contributed by atoms with van der Waals surface area (Å²) in [6.45, 7) is 1.00. The topological polar surface area (TPSA) is 61.4 Å². The maximum absolute atomic E-state index is 10.8. The second-order valence-electron chi connectivity index (χ2n) is 7.39. The highest BCUT2D eigenvalue weighted by atomic mass is 32.1. The number of rotatable bonds is 11. The molecule has 0 bridgehead atoms. The minimum absolute atomic E-state index is 0.0198. The van der Waals surface area contributed by atoms with Gasteiger partial charge in [0.2, 0.25) is 0 Å². The Morgan fingerprint density at radius 1 is 0.759 bits per heavy atom. The van der Waals surface area contributed by atoms with Crippen molar-refractivity contribution in [1.82, 2.24) is 0 Å². The van der Waals surface area contributed by atoms with Crippen molar-refractivity contribution in [3.05, 3.63) is 66.3 Å². The van der Waals surface area contributed by atoms with Crippen LogP contribution in [0.5, 0.6) is 0 Å². The average molecular weight is 431 g/mol. The van der Waals surface area contributed by atoms with Crippen LogP contribution < -0.4 is 4.57 Å². The molecule has 1 aromatic carbocycles. The van der Waals surface area contributed by atoms with Crippen molar-refractivity contribution in [1.29, 1.82) is 0 Å². The first-order valence-corrected chi connectivity index (χ1v) is 12.9. The van der Waals surface area contributed by atoms with E-state index < -0.39 is 7.60 Å². The molecular weight excluding hydrogens is 401 g/mol. The Balaban J connectivity index is 1.38. The van der Waals surface area contributed by atoms with Gasteiger partial charge in [-0.3, -0.25) is 4.57 Å². The summed E-state index contributed by atoms with van der Waals surface area (Å²) >= 11 is 1.76. The van der Waals surface area contributed by atoms with Gasteiger partial charge in [-0.05, 0) is 41.0 Å². The van der Waals surface area contributed by atoms with Gasteiger partial charge < -0.3 is 9.79 Å². The standard InChI is InChI=1S/C23H28NO3PS/c25-28(26,27)18-6-4-2-1-3-5-15-24-16-13-21(14-17-24)20-9-11-22(12-10-20)23-8-7-19-29-23/h7-14,16-17,19H,1-6,15,18H2,(H-,25,26,27)/p+1. The number of unbranched alkanes of at least 4 members (excludes halogenated alkanes) is 5. The molecule has 0 atom stereocenters. The number of pyridine rings is 1. The molecular formula is C23H29NO3PS+. The summed E-state index contributed by atoms with van der Waals surface area (Å²) in [6.07, 6.45) is 10.3. The molecule has 0 aliphatic rings. The third-order valence-electron chi connectivity index (χ3n) is 5.03. The van der Waals surface area contributed by atoms with Crippen LogP contribution in [0.15, 0.2) is 66.3 Å². The minimum atomic E-state index is -3.81. The zero-order chi connectivity index (χ0) is 20.5. The Labute approximate surface area is 177 Å². The zero-order valence-corrected chi connectivity index (χ0v) is 18.3. The van der Waals surface area contributed by atoms with E-state index in [9.17, 15) is 4.57 Å². The fourth-order valence-electron chi connectivity index (χ4n) is 3.39. The number of thiophene rings is 1. The smallest absolute Gasteiger partial charge is 0.324 e. The molecule has 0 fully saturated rings. The molecule has 3 rings (SSSR count). The molecule has 0 unspecified atom stereocenters. The molecule has 0 radical (unpaired) electrons. The Hall–Kier alpha value is -1.78. The van der Waals surface area contributed by atoms with Crippen molar-refractivity contribution in [3.8, 4) is 21.6 Å². The molecule has 29 heavy (non-hydrogen) atoms. The first-order chi connectivity index (χ1) is 14.0. The van der Waals surface area contributed by atoms with Gasteiger partial charge in [0.05, 0.1) is 0 Å². The molecule has 2 heterocycles. The van der Waals surface area contributed by atoms with Crippen molar-refractivity contribution >= 4 is 18.9 Å². The van der Waals surface area contributed by atoms with Gasteiger partial charge in [-0.25, -0.2) is 4.57 Å². The maximum Gasteiger partial charge on any atom is 0.325 e. The summed E-state index contributed by atoms with van der Waals surface area (Å²) < 4.78 is 13.0. The lowest BCUT2D eigenvalue weighted by atomic mass is 10.0. The van der Waals surface area contributed by atoms with Crippen LogP contribution in [-0.2, 0) is 11.1 Å². The summed E-state index contributed by atoms with van der Waals surface area (Å²) in [6, 6.07) is 17.3. The fourth-order valence-corrected chi connectivity index (χ4v) is 4.76. The van der Waals surface area contributed by atoms with E-state index in [0.717, 1.165) is 38.6 Å². The second-order valence-corrected chi connectivity index (χ2v) is 10.1. The highest BCUT2D eigenvalue weighted by Gasteiger charge is 2.11. The van der Waals surface area contributed by atoms with Crippen molar-refractivity contribution in [2.45, 2.75) is 45.1 Å². The molecule has 6 heteroatoms. The number of nitrogens with zero attached hydrogens (tertiary/aromatic N) is 1. The normalized spacial score (nSPS) is 11.7. The highest BCUT2D eigenvalue weighted by Crippen LogP contribution is 2.35. The van der Waals surface area contributed by atoms with E-state index in [-0.39, 0.29) is 6.16 Å². The van der Waals surface area contributed by atoms with Gasteiger partial charge in [-0.2, -0.15) is 0 Å². The Kier molecular flexibility index (Phi) is 8.19. The molecule has 154 valence electrons. The van der Waals surface area contributed by atoms with E-state index in [2.05, 4.69) is 70.9 Å². The SMILES string of the molecule is O=P(O)(O)CCCCCCCC[n+]1ccc(-c2ccc(-c3cccs3)cc2)cc1. The summed E-state index contributed by atoms with van der Waals surface area (Å²) in [4.78, 5) is 19.0. The van der Waals surface area contributed by atoms with Crippen molar-refractivity contribution in [2.75, 3.05) is 6.16 Å². The predicted molar refractivity (Wildman–Crippen MR) is 120 cm³/mol. The number of aromatic nitrogens is 1. The van der Waals surface area contributed by atoms with Gasteiger partial charge in [0, 0.05) is 29.6 Å². The van der Waals surface area contributed by atoms with E-state index >= 15 is 0 Å². The maximum atomic E-state index is 10.8. The van der Waals surface area contributed by atoms with Crippen LogP contribution in [-0.4, -0.2) is 15.9 Å². The molecule has 0 aliphatic carbocycles. The van der Waals surface area contributed by atoms with E-state index in [1.165, 1.54) is 21.6 Å². The first-order valence-electron chi connectivity index (χ1n) is 10.2. The van der Waals surface area contributed by atoms with Gasteiger partial charge in [0.25, 0.3) is 0 Å². The molecule has 0 saturated carbocycles. The first kappa shape index (κ1) is 21.9. The largest absolute Gasteiger partial charge is 0.325 e. The Morgan fingerprint density at radius 2 is 1.34 bits per heavy atom. The van der Waals surface area contributed by atoms with Crippen LogP contribution in [0.1, 0.15) is 38.5 Å². The van der Waals surface area contributed by atoms with Crippen LogP contribution in [0, 0.1) is 0 Å². The lowest BCUT2D eigenvalue weighted by Gasteiger charge is -2.04. The molecule has 2 N–H and O–H groups in total. The van der Waals surface area contributed by atoms with E-state index in [0.29, 0.717) is 6.42 Å². The van der Waals surface area contributed by atoms with Gasteiger partial charge >= 0.3 is 7.60 Å². The number of aryl methyl sites for hydroxylation is 1. The molecule has 3 aromatic rings. The van der Waals surface area contributed by atoms with Gasteiger partial charge in [-0.1, -0.05) is 49.6 Å². The number of hydrogen-bond acceptors (Lipinski definition) is 2. The third-order valence-corrected chi connectivity index (χ3v) is 6.85. The minimum Gasteiger partial charge on any atom is -0.324 e. The second kappa shape index (κ2) is 10.8. The van der Waals surface area contributed by atoms with Crippen LogP contribution in [0.3, 0.4) is 0 Å². The van der Waals surface area contributed by atoms with E-state index in [1.807, 2.05) is 0 Å². The van der Waals surface area contributed by atoms with E-state index in [4.69, 9.17) is 9.79 Å². The van der Waals surface area contributed by atoms with Gasteiger partial charge in [0.1, 0.15) is 6.54 Å². The summed E-state index contributed by atoms with van der Waals surface area (Å²) in [7, 11) is -3.81. The summed E-state index contributed by atoms with van der Waals surface area (Å²) in [5.41, 5.74) is 3.72. The highest BCUT2D eigenvalue weighted by molar-refractivity contribution is 7.51. The average Bonchev–Trinajstić information content (AvgIpc) is 3.25. The number of benzene rings is 1. The lowest BCUT2D eigenvalue weighted by Crippen LogP contribution is -2.32. The monoisotopic (exact) mass is 430 g/mol. The van der Waals surface area contributed by atoms with Crippen LogP contribution in [0.25, 0.3) is 21.6 Å². The summed E-state index contributed by atoms with van der Waals surface area (Å²) in [5, 5.41) is 2.10. The summed E-state index contributed by atoms with van der Waals surface area (Å²) in [5.74, 6) is 0. The van der Waals surface area contributed by atoms with Crippen LogP contribution in [0.4, 0.5) is 0 Å². The third kappa shape index (κ3) is 7.52. The molecule has 0 saturated heterocycles. The number of hydrogen-bond donors (Lipinski definition) is 2. The van der Waals surface area contributed by atoms with Crippen molar-refractivity contribution < 1.29 is 18.9 Å². The van der Waals surface area contributed by atoms with Crippen molar-refractivity contribution in [3.63, 3.8) is 0 Å². The van der Waals surface area contributed by atoms with Gasteiger partial charge in [-0.15, -0.1) is 11.3 Å². The van der Waals surface area contributed by atoms with Crippen LogP contribution >= 0.6 is 18.9 Å². The zero-order valence-electron chi connectivity index (χ0n) is 16.6. The molecule has 2 aromatic heterocycles. The van der Waals surface area contributed by atoms with Crippen LogP contribution in [0.2, 0.25) is 0 Å². The lowest BCUT2D eigenvalue weighted by molar-refractivity contribution is -0.697.